The number of aromatic nitrogens is 2. The van der Waals surface area contributed by atoms with Crippen molar-refractivity contribution in [1.82, 2.24) is 20.2 Å². The summed E-state index contributed by atoms with van der Waals surface area (Å²) in [4.78, 5) is 82.6. The molecular formula is C41H47N7O10. The second-order valence-electron chi connectivity index (χ2n) is 14.6. The number of aryl methyl sites for hydroxylation is 1. The molecule has 8 N–H and O–H groups in total. The molecule has 17 heteroatoms. The Bertz CT molecular complexity index is 2340. The van der Waals surface area contributed by atoms with Gasteiger partial charge in [-0.05, 0) is 79.1 Å². The summed E-state index contributed by atoms with van der Waals surface area (Å²) >= 11 is 0. The van der Waals surface area contributed by atoms with Gasteiger partial charge >= 0.3 is 18.2 Å². The monoisotopic (exact) mass is 797 g/mol. The number of nitrogens with zero attached hydrogens (tertiary/aromatic N) is 2. The van der Waals surface area contributed by atoms with E-state index in [9.17, 15) is 33.9 Å². The Morgan fingerprint density at radius 1 is 1.03 bits per heavy atom. The number of esters is 1. The molecular weight excluding hydrogens is 750 g/mol. The Hall–Kier alpha value is -6.49. The van der Waals surface area contributed by atoms with Crippen LogP contribution in [0.25, 0.3) is 22.3 Å². The van der Waals surface area contributed by atoms with E-state index in [1.165, 1.54) is 0 Å². The van der Waals surface area contributed by atoms with Gasteiger partial charge in [0.2, 0.25) is 17.4 Å². The molecule has 17 nitrogen and oxygen atoms in total. The van der Waals surface area contributed by atoms with Gasteiger partial charge in [-0.25, -0.2) is 19.4 Å². The minimum Gasteiger partial charge on any atom is -0.508 e. The fourth-order valence-electron chi connectivity index (χ4n) is 7.30. The number of rotatable bonds is 14. The molecule has 2 aromatic heterocycles. The van der Waals surface area contributed by atoms with Crippen molar-refractivity contribution >= 4 is 46.6 Å². The largest absolute Gasteiger partial charge is 0.510 e. The molecule has 3 atom stereocenters. The van der Waals surface area contributed by atoms with Crippen LogP contribution in [-0.2, 0) is 60.4 Å². The number of fused-ring (bicyclic) bond motifs is 5. The number of benzene rings is 2. The van der Waals surface area contributed by atoms with E-state index >= 15 is 0 Å². The van der Waals surface area contributed by atoms with Crippen molar-refractivity contribution in [2.24, 2.45) is 17.4 Å². The third-order valence-electron chi connectivity index (χ3n) is 10.6. The Morgan fingerprint density at radius 3 is 2.45 bits per heavy atom. The van der Waals surface area contributed by atoms with Gasteiger partial charge in [-0.3, -0.25) is 14.4 Å². The molecule has 0 aliphatic carbocycles. The first-order chi connectivity index (χ1) is 27.7. The Labute approximate surface area is 333 Å². The van der Waals surface area contributed by atoms with Gasteiger partial charge in [-0.15, -0.1) is 0 Å². The standard InChI is InChI=1S/C41H47N7O10/c1-5-25-26-16-24(49)13-14-30(26)46-34-27(25)18-48-32(34)17-29-28(37(48)52)20-56-38(53)41(29,6-2)58-40(55)57-19-22-9-11-23(12-10-22)45-35(50)31(8-7-15-44-39(43)54)47-36(51)33(42)21(3)4/h9-14,16-17,21,31,33,49H,5-8,15,18-20,42H2,1-4H3,(H,45,50)(H,47,51)(H3,43,44,54)/t31-,33-,41+/m0/s1. The van der Waals surface area contributed by atoms with E-state index in [0.717, 1.165) is 16.5 Å². The number of phenolic OH excluding ortho intramolecular Hbond substituents is 1. The fourth-order valence-corrected chi connectivity index (χ4v) is 7.30. The zero-order chi connectivity index (χ0) is 41.9. The van der Waals surface area contributed by atoms with Gasteiger partial charge in [0.15, 0.2) is 0 Å². The molecule has 6 rings (SSSR count). The number of pyridine rings is 2. The van der Waals surface area contributed by atoms with Crippen molar-refractivity contribution in [3.8, 4) is 17.1 Å². The van der Waals surface area contributed by atoms with E-state index in [-0.39, 0.29) is 61.9 Å². The maximum absolute atomic E-state index is 14.0. The molecule has 0 radical (unpaired) electrons. The highest BCUT2D eigenvalue weighted by Crippen LogP contribution is 2.42. The lowest BCUT2D eigenvalue weighted by atomic mass is 9.85. The molecule has 4 aromatic rings. The van der Waals surface area contributed by atoms with E-state index in [4.69, 9.17) is 30.7 Å². The lowest BCUT2D eigenvalue weighted by Gasteiger charge is -2.35. The molecule has 4 heterocycles. The predicted octanol–water partition coefficient (Wildman–Crippen LogP) is 3.56. The Balaban J connectivity index is 1.16. The van der Waals surface area contributed by atoms with Crippen molar-refractivity contribution in [3.63, 3.8) is 0 Å². The van der Waals surface area contributed by atoms with Crippen molar-refractivity contribution in [2.75, 3.05) is 11.9 Å². The highest BCUT2D eigenvalue weighted by molar-refractivity contribution is 5.98. The maximum Gasteiger partial charge on any atom is 0.510 e. The number of ether oxygens (including phenoxy) is 3. The molecule has 58 heavy (non-hydrogen) atoms. The zero-order valence-electron chi connectivity index (χ0n) is 32.7. The number of nitrogens with one attached hydrogen (secondary N) is 3. The molecule has 2 aliphatic heterocycles. The molecule has 2 aromatic carbocycles. The van der Waals surface area contributed by atoms with Crippen LogP contribution in [0.3, 0.4) is 0 Å². The molecule has 0 unspecified atom stereocenters. The summed E-state index contributed by atoms with van der Waals surface area (Å²) in [7, 11) is 0. The van der Waals surface area contributed by atoms with Crippen molar-refractivity contribution in [3.05, 3.63) is 86.7 Å². The number of carbonyl (C=O) groups is 5. The lowest BCUT2D eigenvalue weighted by molar-refractivity contribution is -0.175. The maximum atomic E-state index is 14.0. The second kappa shape index (κ2) is 16.9. The van der Waals surface area contributed by atoms with Gasteiger partial charge in [-0.2, -0.15) is 0 Å². The van der Waals surface area contributed by atoms with Gasteiger partial charge in [0.05, 0.1) is 35.1 Å². The fraction of sp³-hybridized carbons (Fsp3) is 0.390. The first-order valence-corrected chi connectivity index (χ1v) is 19.1. The zero-order valence-corrected chi connectivity index (χ0v) is 32.7. The number of urea groups is 1. The van der Waals surface area contributed by atoms with Gasteiger partial charge in [-0.1, -0.05) is 39.8 Å². The van der Waals surface area contributed by atoms with Crippen LogP contribution in [0.15, 0.2) is 53.3 Å². The summed E-state index contributed by atoms with van der Waals surface area (Å²) in [6.07, 6.45) is -0.0748. The number of aromatic hydroxyl groups is 1. The summed E-state index contributed by atoms with van der Waals surface area (Å²) in [6, 6.07) is 10.4. The highest BCUT2D eigenvalue weighted by Gasteiger charge is 2.51. The Morgan fingerprint density at radius 2 is 1.78 bits per heavy atom. The summed E-state index contributed by atoms with van der Waals surface area (Å²) in [6.45, 7) is 7.06. The van der Waals surface area contributed by atoms with Crippen LogP contribution < -0.4 is 33.0 Å². The minimum absolute atomic E-state index is 0.0603. The molecule has 0 fully saturated rings. The smallest absolute Gasteiger partial charge is 0.508 e. The predicted molar refractivity (Wildman–Crippen MR) is 211 cm³/mol. The average Bonchev–Trinajstić information content (AvgIpc) is 3.56. The molecule has 0 spiro atoms. The van der Waals surface area contributed by atoms with Crippen molar-refractivity contribution < 1.29 is 43.3 Å². The number of primary amides is 1. The molecule has 0 saturated carbocycles. The van der Waals surface area contributed by atoms with Crippen LogP contribution in [0, 0.1) is 5.92 Å². The van der Waals surface area contributed by atoms with Crippen LogP contribution in [0.2, 0.25) is 0 Å². The molecule has 4 amide bonds. The van der Waals surface area contributed by atoms with Crippen LogP contribution in [-0.4, -0.2) is 63.3 Å². The normalized spacial score (nSPS) is 16.3. The number of amides is 4. The van der Waals surface area contributed by atoms with E-state index in [2.05, 4.69) is 16.0 Å². The SMILES string of the molecule is CCc1c2c(nc3ccc(O)cc13)-c1cc3c(c(=O)n1C2)COC(=O)[C@]3(CC)OC(=O)OCc1ccc(NC(=O)[C@H](CCCNC(N)=O)NC(=O)[C@@H](N)C(C)C)cc1. The number of carbonyl (C=O) groups excluding carboxylic acids is 5. The molecule has 306 valence electrons. The van der Waals surface area contributed by atoms with Crippen LogP contribution in [0.5, 0.6) is 5.75 Å². The van der Waals surface area contributed by atoms with E-state index in [1.54, 1.807) is 73.9 Å². The van der Waals surface area contributed by atoms with Gasteiger partial charge in [0, 0.05) is 28.7 Å². The van der Waals surface area contributed by atoms with Crippen LogP contribution >= 0.6 is 0 Å². The minimum atomic E-state index is -1.98. The van der Waals surface area contributed by atoms with Crippen LogP contribution in [0.4, 0.5) is 15.3 Å². The molecule has 0 saturated heterocycles. The first-order valence-electron chi connectivity index (χ1n) is 19.1. The summed E-state index contributed by atoms with van der Waals surface area (Å²) in [5, 5.41) is 18.8. The van der Waals surface area contributed by atoms with Gasteiger partial charge in [0.1, 0.15) is 25.0 Å². The van der Waals surface area contributed by atoms with Crippen molar-refractivity contribution in [1.29, 1.82) is 0 Å². The quantitative estimate of drug-likeness (QED) is 0.0697. The second-order valence-corrected chi connectivity index (χ2v) is 14.6. The first kappa shape index (κ1) is 41.2. The van der Waals surface area contributed by atoms with E-state index in [0.29, 0.717) is 41.0 Å². The number of hydrogen-bond acceptors (Lipinski definition) is 12. The van der Waals surface area contributed by atoms with Crippen LogP contribution in [0.1, 0.15) is 74.8 Å². The topological polar surface area (TPSA) is 256 Å². The van der Waals surface area contributed by atoms with Crippen molar-refractivity contribution in [2.45, 2.75) is 90.8 Å². The highest BCUT2D eigenvalue weighted by atomic mass is 16.7. The van der Waals surface area contributed by atoms with Gasteiger partial charge in [0.25, 0.3) is 5.56 Å². The third-order valence-corrected chi connectivity index (χ3v) is 10.6. The Kier molecular flexibility index (Phi) is 12.0. The van der Waals surface area contributed by atoms with E-state index in [1.807, 2.05) is 6.92 Å². The lowest BCUT2D eigenvalue weighted by Crippen LogP contribution is -2.51. The number of anilines is 1. The number of cyclic esters (lactones) is 1. The molecule has 0 bridgehead atoms. The average molecular weight is 798 g/mol. The number of hydrogen-bond donors (Lipinski definition) is 6. The summed E-state index contributed by atoms with van der Waals surface area (Å²) < 4.78 is 18.2. The van der Waals surface area contributed by atoms with Gasteiger partial charge < -0.3 is 51.3 Å². The number of phenols is 1. The summed E-state index contributed by atoms with van der Waals surface area (Å²) in [5.74, 6) is -1.91. The number of nitrogens with two attached hydrogens (primary N) is 2. The molecule has 2 aliphatic rings. The third kappa shape index (κ3) is 8.16. The summed E-state index contributed by atoms with van der Waals surface area (Å²) in [5.41, 5.74) is 13.4. The van der Waals surface area contributed by atoms with E-state index < -0.39 is 53.2 Å².